The molecule has 0 spiro atoms. The number of carbonyl (C=O) groups excluding carboxylic acids is 2. The van der Waals surface area contributed by atoms with Gasteiger partial charge in [0.15, 0.2) is 0 Å². The van der Waals surface area contributed by atoms with Crippen molar-refractivity contribution in [3.05, 3.63) is 24.3 Å². The van der Waals surface area contributed by atoms with Gasteiger partial charge in [-0.15, -0.1) is 0 Å². The number of benzene rings is 1. The lowest BCUT2D eigenvalue weighted by molar-refractivity contribution is -0.119. The van der Waals surface area contributed by atoms with Crippen LogP contribution in [0.5, 0.6) is 0 Å². The van der Waals surface area contributed by atoms with Crippen molar-refractivity contribution in [2.75, 3.05) is 11.9 Å². The monoisotopic (exact) mass is 262 g/mol. The smallest absolute Gasteiger partial charge is 0.223 e. The summed E-state index contributed by atoms with van der Waals surface area (Å²) in [6.07, 6.45) is 0. The first kappa shape index (κ1) is 14.7. The fourth-order valence-electron chi connectivity index (χ4n) is 1.43. The Kier molecular flexibility index (Phi) is 5.53. The lowest BCUT2D eigenvalue weighted by Crippen LogP contribution is -2.18. The number of amides is 2. The Morgan fingerprint density at radius 3 is 2.37 bits per heavy atom. The number of imidazole rings is 1. The van der Waals surface area contributed by atoms with Gasteiger partial charge < -0.3 is 10.3 Å². The third kappa shape index (κ3) is 5.20. The van der Waals surface area contributed by atoms with Gasteiger partial charge in [-0.3, -0.25) is 14.9 Å². The van der Waals surface area contributed by atoms with Gasteiger partial charge in [0.05, 0.1) is 11.0 Å². The van der Waals surface area contributed by atoms with Crippen molar-refractivity contribution in [2.45, 2.75) is 20.8 Å². The van der Waals surface area contributed by atoms with Gasteiger partial charge in [0.25, 0.3) is 0 Å². The van der Waals surface area contributed by atoms with Gasteiger partial charge in [-0.1, -0.05) is 12.1 Å². The summed E-state index contributed by atoms with van der Waals surface area (Å²) in [6.45, 7) is 5.58. The Morgan fingerprint density at radius 1 is 1.21 bits per heavy atom. The van der Waals surface area contributed by atoms with Gasteiger partial charge in [0.2, 0.25) is 17.8 Å². The first-order chi connectivity index (χ1) is 9.02. The Labute approximate surface area is 111 Å². The molecule has 1 heterocycles. The van der Waals surface area contributed by atoms with Crippen LogP contribution in [-0.2, 0) is 9.59 Å². The molecule has 6 nitrogen and oxygen atoms in total. The number of aromatic amines is 1. The van der Waals surface area contributed by atoms with E-state index < -0.39 is 0 Å². The van der Waals surface area contributed by atoms with Gasteiger partial charge in [-0.25, -0.2) is 4.98 Å². The first-order valence-corrected chi connectivity index (χ1v) is 5.99. The SMILES string of the molecule is CC(=O)Nc1nc2ccccc2[nH]1.CCNC(C)=O. The van der Waals surface area contributed by atoms with Crippen molar-refractivity contribution in [2.24, 2.45) is 0 Å². The second-order valence-corrected chi connectivity index (χ2v) is 3.87. The summed E-state index contributed by atoms with van der Waals surface area (Å²) in [4.78, 5) is 27.8. The van der Waals surface area contributed by atoms with Crippen molar-refractivity contribution in [1.82, 2.24) is 15.3 Å². The van der Waals surface area contributed by atoms with Crippen LogP contribution >= 0.6 is 0 Å². The molecule has 0 saturated carbocycles. The van der Waals surface area contributed by atoms with Gasteiger partial charge in [0.1, 0.15) is 0 Å². The third-order valence-corrected chi connectivity index (χ3v) is 2.11. The molecule has 0 aliphatic carbocycles. The van der Waals surface area contributed by atoms with Crippen molar-refractivity contribution < 1.29 is 9.59 Å². The van der Waals surface area contributed by atoms with E-state index in [2.05, 4.69) is 20.6 Å². The number of aromatic nitrogens is 2. The van der Waals surface area contributed by atoms with Crippen LogP contribution in [0, 0.1) is 0 Å². The van der Waals surface area contributed by atoms with Crippen LogP contribution in [-0.4, -0.2) is 28.3 Å². The number of rotatable bonds is 2. The minimum absolute atomic E-state index is 0.0394. The standard InChI is InChI=1S/C9H9N3O.C4H9NO/c1-6(13)10-9-11-7-4-2-3-5-8(7)12-9;1-3-5-4(2)6/h2-5H,1H3,(H2,10,11,12,13);3H2,1-2H3,(H,5,6). The van der Waals surface area contributed by atoms with Gasteiger partial charge in [0, 0.05) is 20.4 Å². The van der Waals surface area contributed by atoms with Gasteiger partial charge >= 0.3 is 0 Å². The molecule has 102 valence electrons. The van der Waals surface area contributed by atoms with Gasteiger partial charge in [-0.2, -0.15) is 0 Å². The van der Waals surface area contributed by atoms with E-state index in [0.29, 0.717) is 5.95 Å². The largest absolute Gasteiger partial charge is 0.357 e. The molecule has 0 atom stereocenters. The number of carbonyl (C=O) groups is 2. The fraction of sp³-hybridized carbons (Fsp3) is 0.308. The van der Waals surface area contributed by atoms with E-state index >= 15 is 0 Å². The number of hydrogen-bond donors (Lipinski definition) is 3. The number of H-pyrrole nitrogens is 1. The maximum Gasteiger partial charge on any atom is 0.223 e. The summed E-state index contributed by atoms with van der Waals surface area (Å²) >= 11 is 0. The quantitative estimate of drug-likeness (QED) is 0.769. The Balaban J connectivity index is 0.000000258. The normalized spacial score (nSPS) is 9.42. The summed E-state index contributed by atoms with van der Waals surface area (Å²) in [7, 11) is 0. The van der Waals surface area contributed by atoms with E-state index in [-0.39, 0.29) is 11.8 Å². The topological polar surface area (TPSA) is 86.9 Å². The molecule has 2 rings (SSSR count). The highest BCUT2D eigenvalue weighted by molar-refractivity contribution is 5.89. The summed E-state index contributed by atoms with van der Waals surface area (Å²) in [5.74, 6) is 0.408. The number of nitrogens with zero attached hydrogens (tertiary/aromatic N) is 1. The van der Waals surface area contributed by atoms with Crippen LogP contribution in [0.2, 0.25) is 0 Å². The van der Waals surface area contributed by atoms with Crippen LogP contribution < -0.4 is 10.6 Å². The van der Waals surface area contributed by atoms with Crippen molar-refractivity contribution in [1.29, 1.82) is 0 Å². The summed E-state index contributed by atoms with van der Waals surface area (Å²) in [5.41, 5.74) is 1.78. The number of para-hydroxylation sites is 2. The molecular formula is C13H18N4O2. The lowest BCUT2D eigenvalue weighted by Gasteiger charge is -1.92. The Morgan fingerprint density at radius 2 is 1.89 bits per heavy atom. The zero-order chi connectivity index (χ0) is 14.3. The predicted molar refractivity (Wildman–Crippen MR) is 74.8 cm³/mol. The molecule has 1 aromatic carbocycles. The van der Waals surface area contributed by atoms with Crippen LogP contribution in [0.25, 0.3) is 11.0 Å². The molecule has 0 aliphatic rings. The Bertz CT molecular complexity index is 530. The summed E-state index contributed by atoms with van der Waals surface area (Å²) < 4.78 is 0. The highest BCUT2D eigenvalue weighted by Gasteiger charge is 2.01. The maximum atomic E-state index is 10.7. The van der Waals surface area contributed by atoms with Crippen LogP contribution in [0.15, 0.2) is 24.3 Å². The van der Waals surface area contributed by atoms with Crippen LogP contribution in [0.3, 0.4) is 0 Å². The number of anilines is 1. The molecule has 2 amide bonds. The molecule has 0 fully saturated rings. The second-order valence-electron chi connectivity index (χ2n) is 3.87. The molecule has 3 N–H and O–H groups in total. The van der Waals surface area contributed by atoms with Crippen molar-refractivity contribution >= 4 is 28.8 Å². The van der Waals surface area contributed by atoms with Crippen LogP contribution in [0.4, 0.5) is 5.95 Å². The summed E-state index contributed by atoms with van der Waals surface area (Å²) in [5, 5.41) is 5.16. The van der Waals surface area contributed by atoms with E-state index in [1.807, 2.05) is 31.2 Å². The van der Waals surface area contributed by atoms with Crippen molar-refractivity contribution in [3.8, 4) is 0 Å². The highest BCUT2D eigenvalue weighted by Crippen LogP contribution is 2.12. The molecule has 0 saturated heterocycles. The van der Waals surface area contributed by atoms with E-state index in [1.165, 1.54) is 13.8 Å². The molecule has 0 unspecified atom stereocenters. The van der Waals surface area contributed by atoms with E-state index in [0.717, 1.165) is 17.6 Å². The number of nitrogens with one attached hydrogen (secondary N) is 3. The van der Waals surface area contributed by atoms with Crippen LogP contribution in [0.1, 0.15) is 20.8 Å². The molecule has 19 heavy (non-hydrogen) atoms. The average molecular weight is 262 g/mol. The lowest BCUT2D eigenvalue weighted by atomic mass is 10.3. The first-order valence-electron chi connectivity index (χ1n) is 5.99. The molecule has 0 aliphatic heterocycles. The minimum Gasteiger partial charge on any atom is -0.357 e. The molecule has 0 bridgehead atoms. The third-order valence-electron chi connectivity index (χ3n) is 2.11. The number of fused-ring (bicyclic) bond motifs is 1. The van der Waals surface area contributed by atoms with Gasteiger partial charge in [-0.05, 0) is 19.1 Å². The number of hydrogen-bond acceptors (Lipinski definition) is 3. The molecule has 0 radical (unpaired) electrons. The molecular weight excluding hydrogens is 244 g/mol. The van der Waals surface area contributed by atoms with E-state index in [4.69, 9.17) is 0 Å². The van der Waals surface area contributed by atoms with Crippen molar-refractivity contribution in [3.63, 3.8) is 0 Å². The summed E-state index contributed by atoms with van der Waals surface area (Å²) in [6, 6.07) is 7.61. The predicted octanol–water partition coefficient (Wildman–Crippen LogP) is 1.66. The minimum atomic E-state index is -0.126. The molecule has 2 aromatic rings. The fourth-order valence-corrected chi connectivity index (χ4v) is 1.43. The average Bonchev–Trinajstić information content (AvgIpc) is 2.70. The zero-order valence-electron chi connectivity index (χ0n) is 11.3. The van der Waals surface area contributed by atoms with E-state index in [9.17, 15) is 9.59 Å². The second kappa shape index (κ2) is 7.15. The van der Waals surface area contributed by atoms with E-state index in [1.54, 1.807) is 0 Å². The maximum absolute atomic E-state index is 10.7. The highest BCUT2D eigenvalue weighted by atomic mass is 16.2. The molecule has 6 heteroatoms. The Hall–Kier alpha value is -2.37. The molecule has 1 aromatic heterocycles. The zero-order valence-corrected chi connectivity index (χ0v) is 11.3.